The zero-order valence-corrected chi connectivity index (χ0v) is 14.1. The fourth-order valence-electron chi connectivity index (χ4n) is 2.80. The van der Waals surface area contributed by atoms with Gasteiger partial charge in [0.05, 0.1) is 6.54 Å². The minimum atomic E-state index is 0.730. The van der Waals surface area contributed by atoms with Gasteiger partial charge in [-0.05, 0) is 18.0 Å². The Bertz CT molecular complexity index is 253. The summed E-state index contributed by atoms with van der Waals surface area (Å²) in [5, 5.41) is 0.730. The molecular weight excluding hydrogens is 268 g/mol. The van der Waals surface area contributed by atoms with E-state index in [-0.39, 0.29) is 0 Å². The van der Waals surface area contributed by atoms with Gasteiger partial charge >= 0.3 is 0 Å². The van der Waals surface area contributed by atoms with Gasteiger partial charge in [-0.25, -0.2) is 0 Å². The number of rotatable bonds is 13. The SMILES string of the molecule is CCCCCCCCCCCCCCN1CCN=C1Cl. The van der Waals surface area contributed by atoms with Gasteiger partial charge < -0.3 is 4.90 Å². The maximum Gasteiger partial charge on any atom is 0.194 e. The largest absolute Gasteiger partial charge is 0.345 e. The lowest BCUT2D eigenvalue weighted by Crippen LogP contribution is -2.25. The maximum atomic E-state index is 6.00. The minimum absolute atomic E-state index is 0.730. The molecule has 0 saturated heterocycles. The molecular formula is C17H33ClN2. The van der Waals surface area contributed by atoms with Crippen LogP contribution < -0.4 is 0 Å². The van der Waals surface area contributed by atoms with Gasteiger partial charge in [0.25, 0.3) is 0 Å². The van der Waals surface area contributed by atoms with Gasteiger partial charge in [-0.3, -0.25) is 4.99 Å². The molecule has 0 spiro atoms. The summed E-state index contributed by atoms with van der Waals surface area (Å²) in [4.78, 5) is 6.41. The van der Waals surface area contributed by atoms with E-state index in [0.29, 0.717) is 0 Å². The Morgan fingerprint density at radius 3 is 1.80 bits per heavy atom. The van der Waals surface area contributed by atoms with E-state index in [1.807, 2.05) is 0 Å². The molecule has 0 saturated carbocycles. The molecule has 1 heterocycles. The third kappa shape index (κ3) is 8.84. The van der Waals surface area contributed by atoms with Crippen molar-refractivity contribution in [2.75, 3.05) is 19.6 Å². The van der Waals surface area contributed by atoms with Crippen LogP contribution in [0.2, 0.25) is 0 Å². The van der Waals surface area contributed by atoms with Crippen LogP contribution in [-0.4, -0.2) is 29.8 Å². The Morgan fingerprint density at radius 1 is 0.850 bits per heavy atom. The first-order valence-electron chi connectivity index (χ1n) is 8.79. The summed E-state index contributed by atoms with van der Waals surface area (Å²) >= 11 is 6.00. The Balaban J connectivity index is 1.73. The predicted molar refractivity (Wildman–Crippen MR) is 90.8 cm³/mol. The van der Waals surface area contributed by atoms with Crippen molar-refractivity contribution in [3.8, 4) is 0 Å². The molecule has 118 valence electrons. The van der Waals surface area contributed by atoms with Gasteiger partial charge in [0.15, 0.2) is 5.29 Å². The van der Waals surface area contributed by atoms with Crippen molar-refractivity contribution in [2.45, 2.75) is 84.0 Å². The number of aliphatic imine (C=N–C) groups is 1. The van der Waals surface area contributed by atoms with E-state index >= 15 is 0 Å². The molecule has 1 aliphatic heterocycles. The molecule has 3 heteroatoms. The molecule has 0 unspecified atom stereocenters. The van der Waals surface area contributed by atoms with Crippen molar-refractivity contribution in [3.63, 3.8) is 0 Å². The van der Waals surface area contributed by atoms with E-state index < -0.39 is 0 Å². The maximum absolute atomic E-state index is 6.00. The molecule has 1 aliphatic rings. The first-order valence-corrected chi connectivity index (χ1v) is 9.17. The van der Waals surface area contributed by atoms with E-state index in [1.165, 1.54) is 77.0 Å². The Hall–Kier alpha value is -0.240. The van der Waals surface area contributed by atoms with Gasteiger partial charge in [-0.1, -0.05) is 77.6 Å². The molecule has 1 rings (SSSR count). The fraction of sp³-hybridized carbons (Fsp3) is 0.941. The zero-order valence-electron chi connectivity index (χ0n) is 13.4. The molecule has 20 heavy (non-hydrogen) atoms. The highest BCUT2D eigenvalue weighted by molar-refractivity contribution is 6.64. The molecule has 0 radical (unpaired) electrons. The van der Waals surface area contributed by atoms with Crippen molar-refractivity contribution in [1.82, 2.24) is 4.90 Å². The average molecular weight is 301 g/mol. The monoisotopic (exact) mass is 300 g/mol. The Labute approximate surface area is 131 Å². The van der Waals surface area contributed by atoms with Crippen LogP contribution >= 0.6 is 11.6 Å². The quantitative estimate of drug-likeness (QED) is 0.319. The molecule has 0 bridgehead atoms. The van der Waals surface area contributed by atoms with Gasteiger partial charge in [-0.2, -0.15) is 0 Å². The molecule has 0 atom stereocenters. The van der Waals surface area contributed by atoms with E-state index in [1.54, 1.807) is 0 Å². The predicted octanol–water partition coefficient (Wildman–Crippen LogP) is 5.60. The highest BCUT2D eigenvalue weighted by Crippen LogP contribution is 2.13. The lowest BCUT2D eigenvalue weighted by atomic mass is 10.1. The molecule has 0 aliphatic carbocycles. The van der Waals surface area contributed by atoms with Crippen LogP contribution in [-0.2, 0) is 0 Å². The van der Waals surface area contributed by atoms with Gasteiger partial charge in [0.2, 0.25) is 0 Å². The number of hydrogen-bond donors (Lipinski definition) is 0. The number of amidine groups is 1. The normalized spacial score (nSPS) is 14.9. The van der Waals surface area contributed by atoms with Crippen molar-refractivity contribution >= 4 is 16.9 Å². The molecule has 0 aromatic heterocycles. The second-order valence-corrected chi connectivity index (χ2v) is 6.36. The van der Waals surface area contributed by atoms with E-state index in [9.17, 15) is 0 Å². The smallest absolute Gasteiger partial charge is 0.194 e. The van der Waals surface area contributed by atoms with E-state index in [4.69, 9.17) is 11.6 Å². The second kappa shape index (κ2) is 12.5. The minimum Gasteiger partial charge on any atom is -0.345 e. The summed E-state index contributed by atoms with van der Waals surface area (Å²) < 4.78 is 0. The van der Waals surface area contributed by atoms with Crippen LogP contribution in [0.4, 0.5) is 0 Å². The molecule has 0 fully saturated rings. The van der Waals surface area contributed by atoms with Crippen LogP contribution in [0.15, 0.2) is 4.99 Å². The summed E-state index contributed by atoms with van der Waals surface area (Å²) in [5.74, 6) is 0. The molecule has 0 amide bonds. The number of unbranched alkanes of at least 4 members (excludes halogenated alkanes) is 11. The Morgan fingerprint density at radius 2 is 1.35 bits per heavy atom. The lowest BCUT2D eigenvalue weighted by Gasteiger charge is -2.15. The molecule has 0 aromatic carbocycles. The summed E-state index contributed by atoms with van der Waals surface area (Å²) in [6, 6.07) is 0. The number of halogens is 1. The van der Waals surface area contributed by atoms with Crippen molar-refractivity contribution in [3.05, 3.63) is 0 Å². The van der Waals surface area contributed by atoms with E-state index in [0.717, 1.165) is 24.9 Å². The van der Waals surface area contributed by atoms with Gasteiger partial charge in [0, 0.05) is 13.1 Å². The average Bonchev–Trinajstić information content (AvgIpc) is 2.85. The second-order valence-electron chi connectivity index (χ2n) is 6.03. The third-order valence-corrected chi connectivity index (χ3v) is 4.51. The Kier molecular flexibility index (Phi) is 11.1. The summed E-state index contributed by atoms with van der Waals surface area (Å²) in [5.41, 5.74) is 0. The standard InChI is InChI=1S/C17H33ClN2/c1-2-3-4-5-6-7-8-9-10-11-12-13-15-20-16-14-19-17(20)18/h2-16H2,1H3. The van der Waals surface area contributed by atoms with Crippen LogP contribution in [0.3, 0.4) is 0 Å². The molecule has 2 nitrogen and oxygen atoms in total. The van der Waals surface area contributed by atoms with Crippen molar-refractivity contribution < 1.29 is 0 Å². The summed E-state index contributed by atoms with van der Waals surface area (Å²) in [6.45, 7) is 5.29. The number of hydrogen-bond acceptors (Lipinski definition) is 2. The third-order valence-electron chi connectivity index (χ3n) is 4.15. The molecule has 0 aromatic rings. The topological polar surface area (TPSA) is 15.6 Å². The van der Waals surface area contributed by atoms with E-state index in [2.05, 4.69) is 16.8 Å². The highest BCUT2D eigenvalue weighted by Gasteiger charge is 2.12. The number of nitrogens with zero attached hydrogens (tertiary/aromatic N) is 2. The van der Waals surface area contributed by atoms with Crippen LogP contribution in [0.25, 0.3) is 0 Å². The van der Waals surface area contributed by atoms with Crippen molar-refractivity contribution in [2.24, 2.45) is 4.99 Å². The van der Waals surface area contributed by atoms with Gasteiger partial charge in [0.1, 0.15) is 0 Å². The summed E-state index contributed by atoms with van der Waals surface area (Å²) in [7, 11) is 0. The summed E-state index contributed by atoms with van der Waals surface area (Å²) in [6.07, 6.45) is 16.9. The van der Waals surface area contributed by atoms with Gasteiger partial charge in [-0.15, -0.1) is 0 Å². The zero-order chi connectivity index (χ0) is 14.5. The first kappa shape index (κ1) is 17.8. The van der Waals surface area contributed by atoms with Crippen LogP contribution in [0.5, 0.6) is 0 Å². The van der Waals surface area contributed by atoms with Crippen LogP contribution in [0.1, 0.15) is 84.0 Å². The van der Waals surface area contributed by atoms with Crippen molar-refractivity contribution in [1.29, 1.82) is 0 Å². The fourth-order valence-corrected chi connectivity index (χ4v) is 3.06. The first-order chi connectivity index (χ1) is 9.84. The molecule has 0 N–H and O–H groups in total. The lowest BCUT2D eigenvalue weighted by molar-refractivity contribution is 0.434. The highest BCUT2D eigenvalue weighted by atomic mass is 35.5. The van der Waals surface area contributed by atoms with Crippen LogP contribution in [0, 0.1) is 0 Å².